The number of nitrogens with two attached hydrogens (primary N) is 1. The lowest BCUT2D eigenvalue weighted by Gasteiger charge is -2.13. The summed E-state index contributed by atoms with van der Waals surface area (Å²) in [6.07, 6.45) is 0.0662. The molecule has 0 radical (unpaired) electrons. The molecule has 0 aliphatic heterocycles. The molecule has 0 aromatic rings. The molecule has 0 spiro atoms. The first-order chi connectivity index (χ1) is 7.28. The van der Waals surface area contributed by atoms with Gasteiger partial charge in [-0.1, -0.05) is 6.92 Å². The van der Waals surface area contributed by atoms with Gasteiger partial charge in [0, 0.05) is 6.42 Å². The van der Waals surface area contributed by atoms with Gasteiger partial charge in [-0.2, -0.15) is 0 Å². The largest absolute Gasteiger partial charge is 0.480 e. The average Bonchev–Trinajstić information content (AvgIpc) is 2.11. The number of nitrogens with one attached hydrogen (secondary N) is 1. The number of rotatable bonds is 8. The van der Waals surface area contributed by atoms with Crippen molar-refractivity contribution < 1.29 is 23.1 Å². The van der Waals surface area contributed by atoms with E-state index in [9.17, 15) is 18.0 Å². The van der Waals surface area contributed by atoms with E-state index in [4.69, 9.17) is 10.8 Å². The van der Waals surface area contributed by atoms with E-state index in [1.807, 2.05) is 4.72 Å². The van der Waals surface area contributed by atoms with Crippen LogP contribution in [0.1, 0.15) is 26.2 Å². The van der Waals surface area contributed by atoms with Crippen molar-refractivity contribution in [1.82, 2.24) is 4.72 Å². The average molecular weight is 252 g/mol. The zero-order valence-corrected chi connectivity index (χ0v) is 9.79. The lowest BCUT2D eigenvalue weighted by molar-refractivity contribution is -0.139. The molecule has 0 aromatic carbocycles. The van der Waals surface area contributed by atoms with Gasteiger partial charge in [-0.3, -0.25) is 9.59 Å². The quantitative estimate of drug-likeness (QED) is 0.512. The number of sulfonamides is 1. The second kappa shape index (κ2) is 6.44. The highest BCUT2D eigenvalue weighted by molar-refractivity contribution is 7.89. The number of carboxylic acids is 1. The van der Waals surface area contributed by atoms with Crippen molar-refractivity contribution in [3.05, 3.63) is 0 Å². The third-order valence-electron chi connectivity index (χ3n) is 1.77. The minimum Gasteiger partial charge on any atom is -0.480 e. The maximum Gasteiger partial charge on any atom is 0.321 e. The smallest absolute Gasteiger partial charge is 0.321 e. The molecule has 0 unspecified atom stereocenters. The molecule has 0 bridgehead atoms. The van der Waals surface area contributed by atoms with Crippen molar-refractivity contribution >= 4 is 21.9 Å². The Morgan fingerprint density at radius 2 is 2.00 bits per heavy atom. The number of primary amides is 1. The molecule has 0 aliphatic rings. The van der Waals surface area contributed by atoms with Crippen LogP contribution >= 0.6 is 0 Å². The van der Waals surface area contributed by atoms with Gasteiger partial charge in [-0.15, -0.1) is 0 Å². The van der Waals surface area contributed by atoms with Gasteiger partial charge in [0.1, 0.15) is 6.04 Å². The van der Waals surface area contributed by atoms with Gasteiger partial charge in [-0.05, 0) is 12.8 Å². The molecule has 0 aromatic heterocycles. The monoisotopic (exact) mass is 252 g/mol. The lowest BCUT2D eigenvalue weighted by atomic mass is 10.2. The van der Waals surface area contributed by atoms with Crippen LogP contribution in [0.5, 0.6) is 0 Å². The van der Waals surface area contributed by atoms with Crippen LogP contribution < -0.4 is 10.5 Å². The molecule has 0 saturated heterocycles. The molecule has 7 nitrogen and oxygen atoms in total. The normalized spacial score (nSPS) is 13.3. The molecule has 0 rings (SSSR count). The summed E-state index contributed by atoms with van der Waals surface area (Å²) in [5.74, 6) is -2.13. The fraction of sp³-hybridized carbons (Fsp3) is 0.750. The standard InChI is InChI=1S/C8H16N2O5S/c1-2-5-16(14,15)10-6(8(12)13)3-4-7(9)11/h6,10H,2-5H2,1H3,(H2,9,11)(H,12,13)/t6-/m1/s1. The summed E-state index contributed by atoms with van der Waals surface area (Å²) in [5.41, 5.74) is 4.85. The van der Waals surface area contributed by atoms with Crippen LogP contribution in [0.2, 0.25) is 0 Å². The maximum absolute atomic E-state index is 11.3. The SMILES string of the molecule is CCCS(=O)(=O)N[C@H](CCC(N)=O)C(=O)O. The Balaban J connectivity index is 4.45. The summed E-state index contributed by atoms with van der Waals surface area (Å²) < 4.78 is 24.6. The highest BCUT2D eigenvalue weighted by Crippen LogP contribution is 2.01. The molecule has 0 heterocycles. The predicted octanol–water partition coefficient (Wildman–Crippen LogP) is -0.965. The van der Waals surface area contributed by atoms with E-state index in [-0.39, 0.29) is 18.6 Å². The minimum absolute atomic E-state index is 0.145. The third-order valence-corrected chi connectivity index (χ3v) is 3.36. The fourth-order valence-electron chi connectivity index (χ4n) is 1.06. The number of carbonyl (C=O) groups is 2. The van der Waals surface area contributed by atoms with Crippen LogP contribution in [0.15, 0.2) is 0 Å². The van der Waals surface area contributed by atoms with Crippen molar-refractivity contribution in [1.29, 1.82) is 0 Å². The molecule has 8 heteroatoms. The van der Waals surface area contributed by atoms with Gasteiger partial charge < -0.3 is 10.8 Å². The zero-order valence-electron chi connectivity index (χ0n) is 8.97. The summed E-state index contributed by atoms with van der Waals surface area (Å²) in [7, 11) is -3.61. The first kappa shape index (κ1) is 14.8. The summed E-state index contributed by atoms with van der Waals surface area (Å²) in [5, 5.41) is 8.74. The summed E-state index contributed by atoms with van der Waals surface area (Å²) in [6.45, 7) is 1.67. The second-order valence-electron chi connectivity index (χ2n) is 3.33. The molecule has 1 amide bonds. The van der Waals surface area contributed by atoms with Crippen molar-refractivity contribution in [3.63, 3.8) is 0 Å². The van der Waals surface area contributed by atoms with E-state index in [1.54, 1.807) is 6.92 Å². The Bertz CT molecular complexity index is 351. The van der Waals surface area contributed by atoms with Crippen LogP contribution in [0.4, 0.5) is 0 Å². The molecular formula is C8H16N2O5S. The Morgan fingerprint density at radius 1 is 1.44 bits per heavy atom. The topological polar surface area (TPSA) is 127 Å². The molecule has 0 saturated carbocycles. The Kier molecular flexibility index (Phi) is 5.97. The first-order valence-corrected chi connectivity index (χ1v) is 6.45. The van der Waals surface area contributed by atoms with E-state index in [0.29, 0.717) is 6.42 Å². The van der Waals surface area contributed by atoms with Gasteiger partial charge in [0.2, 0.25) is 15.9 Å². The molecular weight excluding hydrogens is 236 g/mol. The zero-order chi connectivity index (χ0) is 12.8. The minimum atomic E-state index is -3.61. The molecule has 94 valence electrons. The lowest BCUT2D eigenvalue weighted by Crippen LogP contribution is -2.42. The van der Waals surface area contributed by atoms with E-state index in [2.05, 4.69) is 0 Å². The maximum atomic E-state index is 11.3. The third kappa shape index (κ3) is 6.36. The highest BCUT2D eigenvalue weighted by atomic mass is 32.2. The molecule has 16 heavy (non-hydrogen) atoms. The van der Waals surface area contributed by atoms with Crippen molar-refractivity contribution in [2.75, 3.05) is 5.75 Å². The molecule has 4 N–H and O–H groups in total. The van der Waals surface area contributed by atoms with Gasteiger partial charge in [0.25, 0.3) is 0 Å². The number of amides is 1. The van der Waals surface area contributed by atoms with Crippen molar-refractivity contribution in [3.8, 4) is 0 Å². The summed E-state index contributed by atoms with van der Waals surface area (Å²) in [6, 6.07) is -1.30. The Labute approximate surface area is 94.1 Å². The van der Waals surface area contributed by atoms with Crippen LogP contribution in [-0.2, 0) is 19.6 Å². The van der Waals surface area contributed by atoms with E-state index in [1.165, 1.54) is 0 Å². The van der Waals surface area contributed by atoms with Crippen LogP contribution in [0.3, 0.4) is 0 Å². The number of carbonyl (C=O) groups excluding carboxylic acids is 1. The van der Waals surface area contributed by atoms with Crippen LogP contribution in [0.25, 0.3) is 0 Å². The number of carboxylic acid groups (broad SMARTS) is 1. The van der Waals surface area contributed by atoms with E-state index in [0.717, 1.165) is 0 Å². The van der Waals surface area contributed by atoms with Crippen LogP contribution in [0, 0.1) is 0 Å². The number of hydrogen-bond donors (Lipinski definition) is 3. The van der Waals surface area contributed by atoms with Crippen molar-refractivity contribution in [2.45, 2.75) is 32.2 Å². The van der Waals surface area contributed by atoms with Crippen LogP contribution in [-0.4, -0.2) is 37.2 Å². The van der Waals surface area contributed by atoms with E-state index < -0.39 is 27.9 Å². The predicted molar refractivity (Wildman–Crippen MR) is 57.1 cm³/mol. The Hall–Kier alpha value is -1.15. The van der Waals surface area contributed by atoms with Gasteiger partial charge in [0.15, 0.2) is 0 Å². The number of hydrogen-bond acceptors (Lipinski definition) is 4. The van der Waals surface area contributed by atoms with Crippen molar-refractivity contribution in [2.24, 2.45) is 5.73 Å². The molecule has 0 aliphatic carbocycles. The van der Waals surface area contributed by atoms with Gasteiger partial charge in [-0.25, -0.2) is 13.1 Å². The fourth-order valence-corrected chi connectivity index (χ4v) is 2.37. The molecule has 1 atom stereocenters. The highest BCUT2D eigenvalue weighted by Gasteiger charge is 2.23. The second-order valence-corrected chi connectivity index (χ2v) is 5.21. The van der Waals surface area contributed by atoms with E-state index >= 15 is 0 Å². The first-order valence-electron chi connectivity index (χ1n) is 4.79. The van der Waals surface area contributed by atoms with Gasteiger partial charge in [0.05, 0.1) is 5.75 Å². The summed E-state index contributed by atoms with van der Waals surface area (Å²) in [4.78, 5) is 21.2. The van der Waals surface area contributed by atoms with Gasteiger partial charge >= 0.3 is 5.97 Å². The summed E-state index contributed by atoms with van der Waals surface area (Å²) >= 11 is 0. The Morgan fingerprint density at radius 3 is 2.38 bits per heavy atom. The number of aliphatic carboxylic acids is 1. The molecule has 0 fully saturated rings.